The number of esters is 2. The number of rotatable bonds is 2. The summed E-state index contributed by atoms with van der Waals surface area (Å²) in [5, 5.41) is 20.5. The molecule has 0 aromatic heterocycles. The van der Waals surface area contributed by atoms with E-state index in [2.05, 4.69) is 18.0 Å². The zero-order valence-electron chi connectivity index (χ0n) is 13.5. The van der Waals surface area contributed by atoms with E-state index in [0.717, 1.165) is 0 Å². The predicted molar refractivity (Wildman–Crippen MR) is 81.5 cm³/mol. The van der Waals surface area contributed by atoms with Crippen LogP contribution in [0, 0.1) is 11.8 Å². The van der Waals surface area contributed by atoms with Gasteiger partial charge in [0.1, 0.15) is 23.4 Å². The Labute approximate surface area is 139 Å². The standard InChI is InChI=1S/C17H20O7/c1-8-7-11(22-10(3)18)12-9(2)15(19)23-13(12)14-16(4,24-21)5-6-17(8,14)20/h5-6,11-14,20-21H,1-2,7H2,3-4H3/t11-,12+,13-,14-,16+,17+/m0/s1. The molecular formula is C17H20O7. The van der Waals surface area contributed by atoms with Crippen molar-refractivity contribution in [1.82, 2.24) is 0 Å². The van der Waals surface area contributed by atoms with Crippen molar-refractivity contribution in [3.8, 4) is 0 Å². The van der Waals surface area contributed by atoms with Gasteiger partial charge in [-0.25, -0.2) is 9.68 Å². The fourth-order valence-corrected chi connectivity index (χ4v) is 4.12. The van der Waals surface area contributed by atoms with Crippen LogP contribution in [0.5, 0.6) is 0 Å². The smallest absolute Gasteiger partial charge is 0.334 e. The third-order valence-electron chi connectivity index (χ3n) is 5.28. The van der Waals surface area contributed by atoms with Gasteiger partial charge in [0.25, 0.3) is 0 Å². The van der Waals surface area contributed by atoms with Crippen LogP contribution in [-0.2, 0) is 24.0 Å². The lowest BCUT2D eigenvalue weighted by atomic mass is 9.73. The maximum absolute atomic E-state index is 12.1. The first-order chi connectivity index (χ1) is 11.1. The number of carbonyl (C=O) groups is 2. The zero-order chi connectivity index (χ0) is 17.9. The number of ether oxygens (including phenoxy) is 2. The molecule has 0 aromatic carbocycles. The molecule has 1 heterocycles. The minimum absolute atomic E-state index is 0.134. The summed E-state index contributed by atoms with van der Waals surface area (Å²) in [6.45, 7) is 10.5. The molecule has 130 valence electrons. The normalized spacial score (nSPS) is 43.9. The summed E-state index contributed by atoms with van der Waals surface area (Å²) < 4.78 is 10.8. The van der Waals surface area contributed by atoms with Crippen molar-refractivity contribution in [2.75, 3.05) is 0 Å². The van der Waals surface area contributed by atoms with Gasteiger partial charge in [-0.1, -0.05) is 19.2 Å². The lowest BCUT2D eigenvalue weighted by Crippen LogP contribution is -2.52. The van der Waals surface area contributed by atoms with Gasteiger partial charge in [-0.2, -0.15) is 0 Å². The third-order valence-corrected chi connectivity index (χ3v) is 5.28. The summed E-state index contributed by atoms with van der Waals surface area (Å²) in [4.78, 5) is 28.2. The Hall–Kier alpha value is -1.96. The van der Waals surface area contributed by atoms with Crippen LogP contribution in [-0.4, -0.2) is 45.7 Å². The average molecular weight is 336 g/mol. The van der Waals surface area contributed by atoms with Gasteiger partial charge in [0.05, 0.1) is 11.8 Å². The van der Waals surface area contributed by atoms with E-state index in [9.17, 15) is 20.0 Å². The molecule has 24 heavy (non-hydrogen) atoms. The van der Waals surface area contributed by atoms with Crippen LogP contribution in [0.3, 0.4) is 0 Å². The summed E-state index contributed by atoms with van der Waals surface area (Å²) in [7, 11) is 0. The molecule has 2 N–H and O–H groups in total. The summed E-state index contributed by atoms with van der Waals surface area (Å²) in [6, 6.07) is 0. The van der Waals surface area contributed by atoms with Gasteiger partial charge in [0.2, 0.25) is 0 Å². The van der Waals surface area contributed by atoms with Crippen molar-refractivity contribution in [3.63, 3.8) is 0 Å². The van der Waals surface area contributed by atoms with Crippen molar-refractivity contribution >= 4 is 11.9 Å². The van der Waals surface area contributed by atoms with Crippen molar-refractivity contribution in [1.29, 1.82) is 0 Å². The molecule has 2 fully saturated rings. The van der Waals surface area contributed by atoms with Gasteiger partial charge in [-0.05, 0) is 18.6 Å². The predicted octanol–water partition coefficient (Wildman–Crippen LogP) is 1.14. The minimum Gasteiger partial charge on any atom is -0.461 e. The molecule has 0 aromatic rings. The van der Waals surface area contributed by atoms with Crippen molar-refractivity contribution in [2.45, 2.75) is 43.7 Å². The van der Waals surface area contributed by atoms with Crippen LogP contribution < -0.4 is 0 Å². The Morgan fingerprint density at radius 1 is 1.42 bits per heavy atom. The number of hydrogen-bond acceptors (Lipinski definition) is 7. The second kappa shape index (κ2) is 5.27. The van der Waals surface area contributed by atoms with E-state index in [4.69, 9.17) is 9.47 Å². The van der Waals surface area contributed by atoms with E-state index in [0.29, 0.717) is 5.57 Å². The number of aliphatic hydroxyl groups is 1. The highest BCUT2D eigenvalue weighted by Gasteiger charge is 2.65. The number of carbonyl (C=O) groups excluding carboxylic acids is 2. The first-order valence-electron chi connectivity index (χ1n) is 7.64. The highest BCUT2D eigenvalue weighted by Crippen LogP contribution is 2.54. The van der Waals surface area contributed by atoms with E-state index in [1.54, 1.807) is 6.92 Å². The third kappa shape index (κ3) is 2.16. The molecule has 7 nitrogen and oxygen atoms in total. The maximum atomic E-state index is 12.1. The number of hydrogen-bond donors (Lipinski definition) is 2. The van der Waals surface area contributed by atoms with Gasteiger partial charge < -0.3 is 14.6 Å². The first kappa shape index (κ1) is 16.9. The maximum Gasteiger partial charge on any atom is 0.334 e. The Morgan fingerprint density at radius 2 is 2.08 bits per heavy atom. The molecule has 1 saturated carbocycles. The van der Waals surface area contributed by atoms with Crippen LogP contribution in [0.1, 0.15) is 20.3 Å². The van der Waals surface area contributed by atoms with Crippen LogP contribution in [0.4, 0.5) is 0 Å². The van der Waals surface area contributed by atoms with Crippen molar-refractivity contribution in [3.05, 3.63) is 36.5 Å². The largest absolute Gasteiger partial charge is 0.461 e. The summed E-state index contributed by atoms with van der Waals surface area (Å²) >= 11 is 0. The lowest BCUT2D eigenvalue weighted by molar-refractivity contribution is -0.327. The van der Waals surface area contributed by atoms with Crippen molar-refractivity contribution < 1.29 is 34.3 Å². The molecule has 0 bridgehead atoms. The zero-order valence-corrected chi connectivity index (χ0v) is 13.5. The fourth-order valence-electron chi connectivity index (χ4n) is 4.12. The number of fused-ring (bicyclic) bond motifs is 3. The SMILES string of the molecule is C=C1C(=O)O[C@H]2[C@H]1[C@@H](OC(C)=O)CC(=C)[C@]1(O)C=C[C@@](C)(OO)[C@H]21. The molecule has 0 spiro atoms. The molecule has 0 amide bonds. The second-order valence-corrected chi connectivity index (χ2v) is 6.79. The van der Waals surface area contributed by atoms with Crippen LogP contribution >= 0.6 is 0 Å². The van der Waals surface area contributed by atoms with E-state index in [1.165, 1.54) is 19.1 Å². The van der Waals surface area contributed by atoms with Gasteiger partial charge in [0.15, 0.2) is 0 Å². The Kier molecular flexibility index (Phi) is 3.71. The summed E-state index contributed by atoms with van der Waals surface area (Å²) in [6.07, 6.45) is 1.49. The molecule has 1 aliphatic heterocycles. The van der Waals surface area contributed by atoms with Crippen LogP contribution in [0.15, 0.2) is 36.5 Å². The molecule has 0 radical (unpaired) electrons. The first-order valence-corrected chi connectivity index (χ1v) is 7.64. The Bertz CT molecular complexity index is 666. The quantitative estimate of drug-likeness (QED) is 0.256. The highest BCUT2D eigenvalue weighted by molar-refractivity contribution is 5.91. The van der Waals surface area contributed by atoms with Crippen molar-refractivity contribution in [2.24, 2.45) is 11.8 Å². The molecular weight excluding hydrogens is 316 g/mol. The van der Waals surface area contributed by atoms with Crippen LogP contribution in [0.25, 0.3) is 0 Å². The average Bonchev–Trinajstić information content (AvgIpc) is 2.91. The summed E-state index contributed by atoms with van der Waals surface area (Å²) in [5.41, 5.74) is -2.32. The topological polar surface area (TPSA) is 102 Å². The van der Waals surface area contributed by atoms with Crippen LogP contribution in [0.2, 0.25) is 0 Å². The molecule has 0 unspecified atom stereocenters. The minimum atomic E-state index is -1.57. The second-order valence-electron chi connectivity index (χ2n) is 6.79. The van der Waals surface area contributed by atoms with E-state index in [1.807, 2.05) is 0 Å². The summed E-state index contributed by atoms with van der Waals surface area (Å²) in [5.74, 6) is -2.65. The van der Waals surface area contributed by atoms with Gasteiger partial charge in [-0.3, -0.25) is 10.1 Å². The highest BCUT2D eigenvalue weighted by atomic mass is 17.1. The van der Waals surface area contributed by atoms with E-state index >= 15 is 0 Å². The van der Waals surface area contributed by atoms with Gasteiger partial charge in [-0.15, -0.1) is 0 Å². The van der Waals surface area contributed by atoms with E-state index < -0.39 is 47.2 Å². The van der Waals surface area contributed by atoms with E-state index in [-0.39, 0.29) is 12.0 Å². The molecule has 3 rings (SSSR count). The fraction of sp³-hybridized carbons (Fsp3) is 0.529. The van der Waals surface area contributed by atoms with Gasteiger partial charge in [0, 0.05) is 18.9 Å². The molecule has 1 saturated heterocycles. The Balaban J connectivity index is 2.13. The van der Waals surface area contributed by atoms with Gasteiger partial charge >= 0.3 is 11.9 Å². The molecule has 7 heteroatoms. The molecule has 6 atom stereocenters. The molecule has 3 aliphatic rings. The molecule has 2 aliphatic carbocycles. The Morgan fingerprint density at radius 3 is 2.67 bits per heavy atom. The lowest BCUT2D eigenvalue weighted by Gasteiger charge is -2.39. The monoisotopic (exact) mass is 336 g/mol.